The number of carbonyl (C=O) groups is 2. The quantitative estimate of drug-likeness (QED) is 0.872. The predicted octanol–water partition coefficient (Wildman–Crippen LogP) is 2.54. The van der Waals surface area contributed by atoms with Crippen LogP contribution in [0.15, 0.2) is 53.1 Å². The van der Waals surface area contributed by atoms with Gasteiger partial charge in [0.25, 0.3) is 5.91 Å². The van der Waals surface area contributed by atoms with Crippen molar-refractivity contribution >= 4 is 11.8 Å². The normalized spacial score (nSPS) is 17.3. The third kappa shape index (κ3) is 3.28. The average Bonchev–Trinajstić information content (AvgIpc) is 3.26. The number of likely N-dealkylation sites (N-methyl/N-ethyl adjacent to an activating group) is 1. The molecule has 5 nitrogen and oxygen atoms in total. The smallest absolute Gasteiger partial charge is 0.290 e. The maximum Gasteiger partial charge on any atom is 0.290 e. The van der Waals surface area contributed by atoms with Crippen molar-refractivity contribution in [1.82, 2.24) is 9.80 Å². The second-order valence-electron chi connectivity index (χ2n) is 5.81. The minimum atomic E-state index is -0.402. The van der Waals surface area contributed by atoms with E-state index in [2.05, 4.69) is 0 Å². The molecule has 1 aliphatic heterocycles. The monoisotopic (exact) mass is 312 g/mol. The first-order valence-electron chi connectivity index (χ1n) is 7.80. The molecule has 120 valence electrons. The van der Waals surface area contributed by atoms with Gasteiger partial charge in [0.15, 0.2) is 5.76 Å². The van der Waals surface area contributed by atoms with Crippen molar-refractivity contribution in [3.8, 4) is 0 Å². The Morgan fingerprint density at radius 2 is 2.00 bits per heavy atom. The summed E-state index contributed by atoms with van der Waals surface area (Å²) in [5.74, 6) is 0.0561. The van der Waals surface area contributed by atoms with Crippen molar-refractivity contribution in [3.05, 3.63) is 60.1 Å². The highest BCUT2D eigenvalue weighted by Crippen LogP contribution is 2.22. The van der Waals surface area contributed by atoms with Crippen LogP contribution in [0.5, 0.6) is 0 Å². The first kappa shape index (κ1) is 15.3. The second kappa shape index (κ2) is 6.69. The third-order valence-corrected chi connectivity index (χ3v) is 4.17. The zero-order valence-electron chi connectivity index (χ0n) is 13.1. The molecule has 1 aliphatic rings. The van der Waals surface area contributed by atoms with Gasteiger partial charge in [-0.05, 0) is 30.5 Å². The Bertz CT molecular complexity index is 667. The number of furan rings is 1. The van der Waals surface area contributed by atoms with E-state index in [0.717, 1.165) is 12.0 Å². The molecule has 0 saturated carbocycles. The lowest BCUT2D eigenvalue weighted by Crippen LogP contribution is -2.46. The molecule has 1 saturated heterocycles. The van der Waals surface area contributed by atoms with Crippen LogP contribution in [0.3, 0.4) is 0 Å². The van der Waals surface area contributed by atoms with E-state index in [1.54, 1.807) is 29.0 Å². The van der Waals surface area contributed by atoms with Crippen LogP contribution in [0.1, 0.15) is 29.0 Å². The van der Waals surface area contributed by atoms with Crippen molar-refractivity contribution in [3.63, 3.8) is 0 Å². The zero-order valence-corrected chi connectivity index (χ0v) is 13.1. The third-order valence-electron chi connectivity index (χ3n) is 4.17. The molecule has 1 aromatic heterocycles. The summed E-state index contributed by atoms with van der Waals surface area (Å²) >= 11 is 0. The number of benzene rings is 1. The molecule has 1 fully saturated rings. The molecule has 2 amide bonds. The Kier molecular flexibility index (Phi) is 4.46. The van der Waals surface area contributed by atoms with Gasteiger partial charge < -0.3 is 14.2 Å². The van der Waals surface area contributed by atoms with Crippen molar-refractivity contribution in [2.24, 2.45) is 0 Å². The maximum absolute atomic E-state index is 12.7. The Hall–Kier alpha value is -2.56. The zero-order chi connectivity index (χ0) is 16.2. The van der Waals surface area contributed by atoms with Crippen LogP contribution in [0.2, 0.25) is 0 Å². The van der Waals surface area contributed by atoms with Crippen LogP contribution in [0, 0.1) is 0 Å². The number of nitrogens with zero attached hydrogens (tertiary/aromatic N) is 2. The fourth-order valence-electron chi connectivity index (χ4n) is 3.00. The van der Waals surface area contributed by atoms with E-state index in [1.807, 2.05) is 30.3 Å². The molecule has 1 aromatic carbocycles. The van der Waals surface area contributed by atoms with Crippen LogP contribution in [0.25, 0.3) is 0 Å². The summed E-state index contributed by atoms with van der Waals surface area (Å²) in [4.78, 5) is 28.5. The number of amides is 2. The molecular weight excluding hydrogens is 292 g/mol. The number of rotatable bonds is 4. The van der Waals surface area contributed by atoms with Gasteiger partial charge in [-0.25, -0.2) is 0 Å². The van der Waals surface area contributed by atoms with E-state index in [1.165, 1.54) is 6.26 Å². The van der Waals surface area contributed by atoms with E-state index in [-0.39, 0.29) is 17.6 Å². The molecule has 23 heavy (non-hydrogen) atoms. The summed E-state index contributed by atoms with van der Waals surface area (Å²) in [6, 6.07) is 12.8. The van der Waals surface area contributed by atoms with Crippen LogP contribution in [0.4, 0.5) is 0 Å². The van der Waals surface area contributed by atoms with Gasteiger partial charge in [-0.1, -0.05) is 30.3 Å². The summed E-state index contributed by atoms with van der Waals surface area (Å²) in [7, 11) is 1.78. The second-order valence-corrected chi connectivity index (χ2v) is 5.81. The molecule has 0 radical (unpaired) electrons. The highest BCUT2D eigenvalue weighted by Gasteiger charge is 2.36. The van der Waals surface area contributed by atoms with E-state index < -0.39 is 6.04 Å². The molecule has 5 heteroatoms. The lowest BCUT2D eigenvalue weighted by atomic mass is 10.1. The molecule has 2 aromatic rings. The number of hydrogen-bond acceptors (Lipinski definition) is 3. The van der Waals surface area contributed by atoms with Crippen molar-refractivity contribution in [1.29, 1.82) is 0 Å². The SMILES string of the molecule is CN(Cc1ccccc1)C(=O)[C@@H]1CCCN1C(=O)c1ccco1. The predicted molar refractivity (Wildman–Crippen MR) is 85.7 cm³/mol. The highest BCUT2D eigenvalue weighted by molar-refractivity contribution is 5.95. The molecule has 1 atom stereocenters. The Labute approximate surface area is 135 Å². The number of hydrogen-bond donors (Lipinski definition) is 0. The van der Waals surface area contributed by atoms with Crippen molar-refractivity contribution < 1.29 is 14.0 Å². The lowest BCUT2D eigenvalue weighted by Gasteiger charge is -2.27. The molecule has 0 bridgehead atoms. The van der Waals surface area contributed by atoms with Gasteiger partial charge in [-0.2, -0.15) is 0 Å². The van der Waals surface area contributed by atoms with E-state index in [0.29, 0.717) is 19.5 Å². The molecule has 0 aliphatic carbocycles. The molecular formula is C18H20N2O3. The van der Waals surface area contributed by atoms with Gasteiger partial charge in [0.2, 0.25) is 5.91 Å². The van der Waals surface area contributed by atoms with Crippen molar-refractivity contribution in [2.45, 2.75) is 25.4 Å². The van der Waals surface area contributed by atoms with Crippen LogP contribution in [-0.4, -0.2) is 41.2 Å². The van der Waals surface area contributed by atoms with Gasteiger partial charge >= 0.3 is 0 Å². The molecule has 0 unspecified atom stereocenters. The molecule has 0 N–H and O–H groups in total. The number of likely N-dealkylation sites (tertiary alicyclic amines) is 1. The van der Waals surface area contributed by atoms with E-state index in [9.17, 15) is 9.59 Å². The van der Waals surface area contributed by atoms with Crippen LogP contribution >= 0.6 is 0 Å². The number of carbonyl (C=O) groups excluding carboxylic acids is 2. The Morgan fingerprint density at radius 3 is 2.70 bits per heavy atom. The highest BCUT2D eigenvalue weighted by atomic mass is 16.3. The summed E-state index contributed by atoms with van der Waals surface area (Å²) in [6.07, 6.45) is 3.01. The van der Waals surface area contributed by atoms with Gasteiger partial charge in [-0.3, -0.25) is 9.59 Å². The maximum atomic E-state index is 12.7. The first-order valence-corrected chi connectivity index (χ1v) is 7.80. The van der Waals surface area contributed by atoms with Gasteiger partial charge in [0.05, 0.1) is 6.26 Å². The topological polar surface area (TPSA) is 53.8 Å². The summed E-state index contributed by atoms with van der Waals surface area (Å²) in [5, 5.41) is 0. The van der Waals surface area contributed by atoms with Crippen LogP contribution in [-0.2, 0) is 11.3 Å². The van der Waals surface area contributed by atoms with Crippen LogP contribution < -0.4 is 0 Å². The van der Waals surface area contributed by atoms with E-state index in [4.69, 9.17) is 4.42 Å². The Balaban J connectivity index is 1.69. The van der Waals surface area contributed by atoms with Gasteiger partial charge in [-0.15, -0.1) is 0 Å². The fourth-order valence-corrected chi connectivity index (χ4v) is 3.00. The average molecular weight is 312 g/mol. The minimum absolute atomic E-state index is 0.0220. The van der Waals surface area contributed by atoms with Gasteiger partial charge in [0.1, 0.15) is 6.04 Å². The summed E-state index contributed by atoms with van der Waals surface area (Å²) in [5.41, 5.74) is 1.07. The molecule has 3 rings (SSSR count). The first-order chi connectivity index (χ1) is 11.2. The Morgan fingerprint density at radius 1 is 1.22 bits per heavy atom. The largest absolute Gasteiger partial charge is 0.459 e. The van der Waals surface area contributed by atoms with Gasteiger partial charge in [0, 0.05) is 20.1 Å². The summed E-state index contributed by atoms with van der Waals surface area (Å²) < 4.78 is 5.18. The summed E-state index contributed by atoms with van der Waals surface area (Å²) in [6.45, 7) is 1.13. The van der Waals surface area contributed by atoms with E-state index >= 15 is 0 Å². The molecule has 0 spiro atoms. The van der Waals surface area contributed by atoms with Crippen molar-refractivity contribution in [2.75, 3.05) is 13.6 Å². The minimum Gasteiger partial charge on any atom is -0.459 e. The standard InChI is InChI=1S/C18H20N2O3/c1-19(13-14-7-3-2-4-8-14)17(21)15-9-5-11-20(15)18(22)16-10-6-12-23-16/h2-4,6-8,10,12,15H,5,9,11,13H2,1H3/t15-/m0/s1. The molecule has 2 heterocycles. The fraction of sp³-hybridized carbons (Fsp3) is 0.333. The lowest BCUT2D eigenvalue weighted by molar-refractivity contribution is -0.134.